The van der Waals surface area contributed by atoms with E-state index in [1.807, 2.05) is 6.07 Å². The molecule has 2 fully saturated rings. The zero-order valence-electron chi connectivity index (χ0n) is 9.29. The van der Waals surface area contributed by atoms with Crippen molar-refractivity contribution < 1.29 is 9.53 Å². The van der Waals surface area contributed by atoms with Gasteiger partial charge in [0.2, 0.25) is 0 Å². The lowest BCUT2D eigenvalue weighted by Gasteiger charge is -2.39. The first-order valence-electron chi connectivity index (χ1n) is 6.13. The molecule has 1 atom stereocenters. The van der Waals surface area contributed by atoms with Crippen molar-refractivity contribution in [2.24, 2.45) is 5.92 Å². The summed E-state index contributed by atoms with van der Waals surface area (Å²) >= 11 is 0. The van der Waals surface area contributed by atoms with Crippen molar-refractivity contribution in [3.8, 4) is 6.07 Å². The lowest BCUT2D eigenvalue weighted by Crippen LogP contribution is -2.44. The van der Waals surface area contributed by atoms with E-state index in [-0.39, 0.29) is 11.6 Å². The van der Waals surface area contributed by atoms with Crippen LogP contribution in [0.5, 0.6) is 0 Å². The third-order valence-electron chi connectivity index (χ3n) is 4.38. The van der Waals surface area contributed by atoms with Crippen LogP contribution in [-0.4, -0.2) is 11.6 Å². The van der Waals surface area contributed by atoms with Crippen LogP contribution < -0.4 is 0 Å². The number of carbonyl (C=O) groups excluding carboxylic acids is 1. The van der Waals surface area contributed by atoms with Gasteiger partial charge >= 0.3 is 5.97 Å². The minimum absolute atomic E-state index is 0.233. The van der Waals surface area contributed by atoms with Crippen molar-refractivity contribution in [2.45, 2.75) is 50.5 Å². The molecule has 0 aromatic rings. The summed E-state index contributed by atoms with van der Waals surface area (Å²) in [6.07, 6.45) is 7.40. The Balaban J connectivity index is 2.08. The SMILES string of the molecule is N#CC1=C2CCCC2C2(CCCC2)OC1=O. The average Bonchev–Trinajstić information content (AvgIpc) is 2.88. The molecule has 1 aliphatic heterocycles. The van der Waals surface area contributed by atoms with E-state index in [1.165, 1.54) is 0 Å². The Labute approximate surface area is 95.1 Å². The molecule has 1 heterocycles. The van der Waals surface area contributed by atoms with Gasteiger partial charge in [-0.2, -0.15) is 5.26 Å². The summed E-state index contributed by atoms with van der Waals surface area (Å²) in [6.45, 7) is 0. The maximum atomic E-state index is 11.8. The van der Waals surface area contributed by atoms with Gasteiger partial charge in [-0.25, -0.2) is 4.79 Å². The van der Waals surface area contributed by atoms with Gasteiger partial charge in [0.1, 0.15) is 17.2 Å². The zero-order chi connectivity index (χ0) is 11.2. The second kappa shape index (κ2) is 3.35. The van der Waals surface area contributed by atoms with Crippen LogP contribution in [0.4, 0.5) is 0 Å². The fraction of sp³-hybridized carbons (Fsp3) is 0.692. The number of hydrogen-bond donors (Lipinski definition) is 0. The highest BCUT2D eigenvalue weighted by Gasteiger charge is 2.52. The predicted octanol–water partition coefficient (Wildman–Crippen LogP) is 2.48. The number of carbonyl (C=O) groups is 1. The van der Waals surface area contributed by atoms with Crippen LogP contribution >= 0.6 is 0 Å². The predicted molar refractivity (Wildman–Crippen MR) is 57.3 cm³/mol. The Morgan fingerprint density at radius 3 is 2.75 bits per heavy atom. The van der Waals surface area contributed by atoms with Gasteiger partial charge in [0, 0.05) is 5.92 Å². The molecule has 0 saturated heterocycles. The van der Waals surface area contributed by atoms with Crippen molar-refractivity contribution in [3.63, 3.8) is 0 Å². The van der Waals surface area contributed by atoms with E-state index in [9.17, 15) is 4.79 Å². The maximum Gasteiger partial charge on any atom is 0.349 e. The Hall–Kier alpha value is -1.30. The molecule has 0 aromatic carbocycles. The monoisotopic (exact) mass is 217 g/mol. The maximum absolute atomic E-state index is 11.8. The van der Waals surface area contributed by atoms with Crippen LogP contribution in [0.15, 0.2) is 11.1 Å². The standard InChI is InChI=1S/C13H15NO2/c14-8-10-9-4-3-5-11(9)13(16-12(10)15)6-1-2-7-13/h11H,1-7H2. The highest BCUT2D eigenvalue weighted by molar-refractivity contribution is 5.95. The molecule has 0 amide bonds. The quantitative estimate of drug-likeness (QED) is 0.586. The van der Waals surface area contributed by atoms with Gasteiger partial charge in [0.05, 0.1) is 0 Å². The average molecular weight is 217 g/mol. The number of nitriles is 1. The van der Waals surface area contributed by atoms with Gasteiger partial charge in [-0.05, 0) is 50.5 Å². The summed E-state index contributed by atoms with van der Waals surface area (Å²) in [6, 6.07) is 2.04. The summed E-state index contributed by atoms with van der Waals surface area (Å²) in [4.78, 5) is 11.8. The van der Waals surface area contributed by atoms with E-state index in [4.69, 9.17) is 10.00 Å². The molecule has 84 valence electrons. The zero-order valence-corrected chi connectivity index (χ0v) is 9.29. The largest absolute Gasteiger partial charge is 0.454 e. The fourth-order valence-corrected chi connectivity index (χ4v) is 3.70. The van der Waals surface area contributed by atoms with E-state index in [0.717, 1.165) is 50.5 Å². The number of fused-ring (bicyclic) bond motifs is 2. The second-order valence-corrected chi connectivity index (χ2v) is 5.12. The highest BCUT2D eigenvalue weighted by Crippen LogP contribution is 2.52. The number of hydrogen-bond acceptors (Lipinski definition) is 3. The molecule has 3 heteroatoms. The van der Waals surface area contributed by atoms with Gasteiger partial charge < -0.3 is 4.74 Å². The van der Waals surface area contributed by atoms with Gasteiger partial charge in [-0.15, -0.1) is 0 Å². The number of nitrogens with zero attached hydrogens (tertiary/aromatic N) is 1. The van der Waals surface area contributed by atoms with Crippen LogP contribution in [0.25, 0.3) is 0 Å². The fourth-order valence-electron chi connectivity index (χ4n) is 3.70. The van der Waals surface area contributed by atoms with Crippen LogP contribution in [0.2, 0.25) is 0 Å². The van der Waals surface area contributed by atoms with Gasteiger partial charge in [-0.3, -0.25) is 0 Å². The summed E-state index contributed by atoms with van der Waals surface area (Å²) in [7, 11) is 0. The van der Waals surface area contributed by atoms with Gasteiger partial charge in [0.25, 0.3) is 0 Å². The minimum Gasteiger partial charge on any atom is -0.454 e. The van der Waals surface area contributed by atoms with E-state index >= 15 is 0 Å². The molecule has 3 rings (SSSR count). The lowest BCUT2D eigenvalue weighted by atomic mass is 9.78. The molecule has 2 aliphatic carbocycles. The molecule has 3 aliphatic rings. The smallest absolute Gasteiger partial charge is 0.349 e. The molecule has 2 saturated carbocycles. The molecule has 0 aromatic heterocycles. The van der Waals surface area contributed by atoms with Crippen molar-refractivity contribution in [1.82, 2.24) is 0 Å². The molecular formula is C13H15NO2. The Morgan fingerprint density at radius 1 is 1.31 bits per heavy atom. The summed E-state index contributed by atoms with van der Waals surface area (Å²) < 4.78 is 5.63. The van der Waals surface area contributed by atoms with E-state index in [2.05, 4.69) is 0 Å². The first-order valence-corrected chi connectivity index (χ1v) is 6.13. The molecule has 16 heavy (non-hydrogen) atoms. The molecule has 0 radical (unpaired) electrons. The number of rotatable bonds is 0. The molecule has 0 N–H and O–H groups in total. The van der Waals surface area contributed by atoms with Crippen LogP contribution in [0.1, 0.15) is 44.9 Å². The van der Waals surface area contributed by atoms with Gasteiger partial charge in [0.15, 0.2) is 0 Å². The van der Waals surface area contributed by atoms with Gasteiger partial charge in [-0.1, -0.05) is 0 Å². The molecule has 3 nitrogen and oxygen atoms in total. The first-order chi connectivity index (χ1) is 7.77. The molecule has 1 spiro atoms. The van der Waals surface area contributed by atoms with E-state index in [0.29, 0.717) is 11.5 Å². The second-order valence-electron chi connectivity index (χ2n) is 5.12. The van der Waals surface area contributed by atoms with Crippen molar-refractivity contribution in [1.29, 1.82) is 5.26 Å². The summed E-state index contributed by atoms with van der Waals surface area (Å²) in [5.74, 6) is -0.0140. The van der Waals surface area contributed by atoms with Crippen LogP contribution in [-0.2, 0) is 9.53 Å². The van der Waals surface area contributed by atoms with Crippen LogP contribution in [0.3, 0.4) is 0 Å². The Morgan fingerprint density at radius 2 is 2.06 bits per heavy atom. The topological polar surface area (TPSA) is 50.1 Å². The Kier molecular flexibility index (Phi) is 2.07. The summed E-state index contributed by atoms with van der Waals surface area (Å²) in [5.41, 5.74) is 1.17. The molecule has 0 bridgehead atoms. The minimum atomic E-state index is -0.363. The summed E-state index contributed by atoms with van der Waals surface area (Å²) in [5, 5.41) is 9.03. The number of ether oxygens (including phenoxy) is 1. The Bertz CT molecular complexity index is 410. The lowest BCUT2D eigenvalue weighted by molar-refractivity contribution is -0.161. The third-order valence-corrected chi connectivity index (χ3v) is 4.38. The van der Waals surface area contributed by atoms with Crippen molar-refractivity contribution in [2.75, 3.05) is 0 Å². The van der Waals surface area contributed by atoms with Crippen molar-refractivity contribution >= 4 is 5.97 Å². The van der Waals surface area contributed by atoms with E-state index in [1.54, 1.807) is 0 Å². The third kappa shape index (κ3) is 1.16. The number of esters is 1. The van der Waals surface area contributed by atoms with Crippen LogP contribution in [0, 0.1) is 17.2 Å². The molecule has 1 unspecified atom stereocenters. The molecular weight excluding hydrogens is 202 g/mol. The van der Waals surface area contributed by atoms with Crippen molar-refractivity contribution in [3.05, 3.63) is 11.1 Å². The highest BCUT2D eigenvalue weighted by atomic mass is 16.6. The first kappa shape index (κ1) is 9.89. The normalized spacial score (nSPS) is 31.4. The van der Waals surface area contributed by atoms with E-state index < -0.39 is 0 Å².